The molecular weight excluding hydrogens is 315 g/mol. The zero-order chi connectivity index (χ0) is 17.6. The largest absolute Gasteiger partial charge is 0.383 e. The molecule has 1 saturated carbocycles. The number of amidine groups is 1. The van der Waals surface area contributed by atoms with E-state index in [0.717, 1.165) is 44.6 Å². The molecule has 0 amide bonds. The molecule has 0 aromatic heterocycles. The minimum absolute atomic E-state index is 0.223. The summed E-state index contributed by atoms with van der Waals surface area (Å²) in [4.78, 5) is 6.55. The number of nitrogens with zero attached hydrogens (tertiary/aromatic N) is 2. The van der Waals surface area contributed by atoms with E-state index in [9.17, 15) is 4.39 Å². The van der Waals surface area contributed by atoms with Crippen LogP contribution in [0.1, 0.15) is 43.7 Å². The Hall–Kier alpha value is -2.30. The maximum absolute atomic E-state index is 14.5. The molecule has 134 valence electrons. The summed E-state index contributed by atoms with van der Waals surface area (Å²) in [6.45, 7) is 4.46. The molecule has 3 rings (SSSR count). The Morgan fingerprint density at radius 2 is 2.28 bits per heavy atom. The van der Waals surface area contributed by atoms with E-state index in [1.54, 1.807) is 0 Å². The second-order valence-corrected chi connectivity index (χ2v) is 6.67. The van der Waals surface area contributed by atoms with E-state index < -0.39 is 0 Å². The summed E-state index contributed by atoms with van der Waals surface area (Å²) in [5, 5.41) is 3.36. The molecule has 1 saturated heterocycles. The molecule has 0 spiro atoms. The van der Waals surface area contributed by atoms with Crippen molar-refractivity contribution < 1.29 is 4.39 Å². The van der Waals surface area contributed by atoms with Gasteiger partial charge in [-0.25, -0.2) is 4.39 Å². The van der Waals surface area contributed by atoms with Gasteiger partial charge in [0.25, 0.3) is 0 Å². The predicted octanol–water partition coefficient (Wildman–Crippen LogP) is 3.30. The van der Waals surface area contributed by atoms with Crippen LogP contribution in [-0.4, -0.2) is 29.9 Å². The van der Waals surface area contributed by atoms with E-state index >= 15 is 0 Å². The van der Waals surface area contributed by atoms with E-state index in [1.807, 2.05) is 12.1 Å². The first-order valence-electron chi connectivity index (χ1n) is 9.15. The van der Waals surface area contributed by atoms with Crippen molar-refractivity contribution >= 4 is 5.84 Å². The molecule has 4 nitrogen and oxygen atoms in total. The Labute approximate surface area is 149 Å². The second kappa shape index (κ2) is 8.19. The Morgan fingerprint density at radius 3 is 3.00 bits per heavy atom. The van der Waals surface area contributed by atoms with Crippen LogP contribution in [0.4, 0.5) is 4.39 Å². The number of aliphatic imine (C=N–C) groups is 1. The summed E-state index contributed by atoms with van der Waals surface area (Å²) in [6.07, 6.45) is 10.7. The summed E-state index contributed by atoms with van der Waals surface area (Å²) in [7, 11) is 0. The highest BCUT2D eigenvalue weighted by molar-refractivity contribution is 5.97. The smallest absolute Gasteiger partial charge is 0.128 e. The highest BCUT2D eigenvalue weighted by atomic mass is 19.1. The summed E-state index contributed by atoms with van der Waals surface area (Å²) in [5.41, 5.74) is 7.31. The van der Waals surface area contributed by atoms with Crippen LogP contribution in [0.3, 0.4) is 0 Å². The lowest BCUT2D eigenvalue weighted by Gasteiger charge is -2.19. The first-order valence-corrected chi connectivity index (χ1v) is 9.15. The van der Waals surface area contributed by atoms with Crippen LogP contribution in [0.5, 0.6) is 0 Å². The Bertz CT molecular complexity index is 689. The molecule has 0 radical (unpaired) electrons. The number of unbranched alkanes of at least 4 members (excludes halogenated alkanes) is 1. The van der Waals surface area contributed by atoms with Gasteiger partial charge in [-0.15, -0.1) is 0 Å². The average Bonchev–Trinajstić information content (AvgIpc) is 3.31. The Kier molecular flexibility index (Phi) is 5.74. The quantitative estimate of drug-likeness (QED) is 0.590. The van der Waals surface area contributed by atoms with Gasteiger partial charge in [0, 0.05) is 30.8 Å². The van der Waals surface area contributed by atoms with Crippen molar-refractivity contribution in [2.24, 2.45) is 10.7 Å². The van der Waals surface area contributed by atoms with E-state index in [1.165, 1.54) is 6.07 Å². The van der Waals surface area contributed by atoms with Gasteiger partial charge in [-0.05, 0) is 31.4 Å². The van der Waals surface area contributed by atoms with Crippen molar-refractivity contribution in [2.45, 2.75) is 45.2 Å². The highest BCUT2D eigenvalue weighted by Crippen LogP contribution is 2.24. The van der Waals surface area contributed by atoms with Crippen molar-refractivity contribution in [1.29, 1.82) is 0 Å². The van der Waals surface area contributed by atoms with Crippen LogP contribution in [0.15, 0.2) is 47.2 Å². The zero-order valence-corrected chi connectivity index (χ0v) is 14.8. The molecule has 1 aliphatic heterocycles. The Balaban J connectivity index is 1.67. The SMILES string of the molecule is CCC/C=C\C=C1/NCCN1Cc1ccc(C(N)=NC2CC2)cc1F. The molecular formula is C20H27FN4. The van der Waals surface area contributed by atoms with Gasteiger partial charge in [0.2, 0.25) is 0 Å². The summed E-state index contributed by atoms with van der Waals surface area (Å²) >= 11 is 0. The minimum Gasteiger partial charge on any atom is -0.383 e. The standard InChI is InChI=1S/C20H27FN4/c1-2-3-4-5-6-19-23-11-12-25(19)14-16-8-7-15(13-18(16)21)20(22)24-17-9-10-17/h4-8,13,17,23H,2-3,9-12,14H2,1H3,(H2,22,24)/b5-4-,19-6+. The Morgan fingerprint density at radius 1 is 1.44 bits per heavy atom. The predicted molar refractivity (Wildman–Crippen MR) is 101 cm³/mol. The number of nitrogens with one attached hydrogen (secondary N) is 1. The summed E-state index contributed by atoms with van der Waals surface area (Å²) < 4.78 is 14.5. The summed E-state index contributed by atoms with van der Waals surface area (Å²) in [6, 6.07) is 5.54. The lowest BCUT2D eigenvalue weighted by atomic mass is 10.1. The minimum atomic E-state index is -0.223. The van der Waals surface area contributed by atoms with Crippen molar-refractivity contribution in [3.8, 4) is 0 Å². The fourth-order valence-corrected chi connectivity index (χ4v) is 2.82. The molecule has 0 bridgehead atoms. The monoisotopic (exact) mass is 342 g/mol. The van der Waals surface area contributed by atoms with Crippen molar-refractivity contribution in [1.82, 2.24) is 10.2 Å². The van der Waals surface area contributed by atoms with Crippen molar-refractivity contribution in [3.05, 3.63) is 59.2 Å². The number of halogens is 1. The van der Waals surface area contributed by atoms with Crippen LogP contribution < -0.4 is 11.1 Å². The number of rotatable bonds is 7. The number of hydrogen-bond donors (Lipinski definition) is 2. The van der Waals surface area contributed by atoms with Crippen LogP contribution in [-0.2, 0) is 6.54 Å². The molecule has 0 atom stereocenters. The van der Waals surface area contributed by atoms with E-state index in [0.29, 0.717) is 29.5 Å². The van der Waals surface area contributed by atoms with Gasteiger partial charge in [0.15, 0.2) is 0 Å². The molecule has 2 fully saturated rings. The first-order chi connectivity index (χ1) is 12.2. The van der Waals surface area contributed by atoms with Gasteiger partial charge in [0.05, 0.1) is 6.04 Å². The van der Waals surface area contributed by atoms with Crippen molar-refractivity contribution in [2.75, 3.05) is 13.1 Å². The third kappa shape index (κ3) is 4.84. The van der Waals surface area contributed by atoms with Crippen LogP contribution in [0, 0.1) is 5.82 Å². The number of nitrogens with two attached hydrogens (primary N) is 1. The lowest BCUT2D eigenvalue weighted by molar-refractivity contribution is 0.380. The average molecular weight is 342 g/mol. The third-order valence-electron chi connectivity index (χ3n) is 4.45. The molecule has 1 aromatic carbocycles. The van der Waals surface area contributed by atoms with Gasteiger partial charge >= 0.3 is 0 Å². The lowest BCUT2D eigenvalue weighted by Crippen LogP contribution is -2.21. The highest BCUT2D eigenvalue weighted by Gasteiger charge is 2.21. The summed E-state index contributed by atoms with van der Waals surface area (Å²) in [5.74, 6) is 1.27. The molecule has 2 aliphatic rings. The molecule has 0 unspecified atom stereocenters. The molecule has 1 heterocycles. The maximum atomic E-state index is 14.5. The second-order valence-electron chi connectivity index (χ2n) is 6.67. The molecule has 1 aliphatic carbocycles. The van der Waals surface area contributed by atoms with E-state index in [4.69, 9.17) is 5.73 Å². The molecule has 3 N–H and O–H groups in total. The molecule has 5 heteroatoms. The van der Waals surface area contributed by atoms with Gasteiger partial charge in [-0.1, -0.05) is 37.6 Å². The van der Waals surface area contributed by atoms with E-state index in [2.05, 4.69) is 40.4 Å². The zero-order valence-electron chi connectivity index (χ0n) is 14.8. The van der Waals surface area contributed by atoms with E-state index in [-0.39, 0.29) is 5.82 Å². The van der Waals surface area contributed by atoms with Crippen LogP contribution in [0.2, 0.25) is 0 Å². The maximum Gasteiger partial charge on any atom is 0.128 e. The molecule has 25 heavy (non-hydrogen) atoms. The third-order valence-corrected chi connectivity index (χ3v) is 4.45. The van der Waals surface area contributed by atoms with Crippen LogP contribution in [0.25, 0.3) is 0 Å². The topological polar surface area (TPSA) is 53.6 Å². The fraction of sp³-hybridized carbons (Fsp3) is 0.450. The van der Waals surface area contributed by atoms with Crippen LogP contribution >= 0.6 is 0 Å². The van der Waals surface area contributed by atoms with Gasteiger partial charge in [-0.2, -0.15) is 0 Å². The fourth-order valence-electron chi connectivity index (χ4n) is 2.82. The van der Waals surface area contributed by atoms with Crippen molar-refractivity contribution in [3.63, 3.8) is 0 Å². The number of benzene rings is 1. The number of hydrogen-bond acceptors (Lipinski definition) is 3. The van der Waals surface area contributed by atoms with Gasteiger partial charge < -0.3 is 16.0 Å². The van der Waals surface area contributed by atoms with Gasteiger partial charge in [-0.3, -0.25) is 4.99 Å². The number of allylic oxidation sites excluding steroid dienone is 3. The normalized spacial score (nSPS) is 19.8. The first kappa shape index (κ1) is 17.5. The molecule has 1 aromatic rings. The van der Waals surface area contributed by atoms with Gasteiger partial charge in [0.1, 0.15) is 17.5 Å².